The highest BCUT2D eigenvalue weighted by molar-refractivity contribution is 6.24. The molecule has 5 heteroatoms. The van der Waals surface area contributed by atoms with Gasteiger partial charge in [-0.3, -0.25) is 14.5 Å². The van der Waals surface area contributed by atoms with Crippen LogP contribution in [0.25, 0.3) is 0 Å². The molecule has 78 valence electrons. The van der Waals surface area contributed by atoms with Crippen LogP contribution in [0.4, 0.5) is 5.69 Å². The fourth-order valence-electron chi connectivity index (χ4n) is 1.64. The van der Waals surface area contributed by atoms with E-state index in [1.165, 1.54) is 14.2 Å². The third kappa shape index (κ3) is 1.09. The molecule has 0 radical (unpaired) electrons. The number of imide groups is 1. The smallest absolute Gasteiger partial charge is 0.265 e. The summed E-state index contributed by atoms with van der Waals surface area (Å²) in [6.45, 7) is 0. The van der Waals surface area contributed by atoms with Gasteiger partial charge in [0.05, 0.1) is 18.2 Å². The van der Waals surface area contributed by atoms with Crippen molar-refractivity contribution < 1.29 is 14.3 Å². The van der Waals surface area contributed by atoms with Crippen molar-refractivity contribution in [2.24, 2.45) is 0 Å². The number of fused-ring (bicyclic) bond motifs is 1. The number of nitrogen functional groups attached to an aromatic ring is 1. The molecular weight excluding hydrogens is 196 g/mol. The van der Waals surface area contributed by atoms with Gasteiger partial charge in [0, 0.05) is 12.7 Å². The van der Waals surface area contributed by atoms with Gasteiger partial charge in [-0.1, -0.05) is 0 Å². The molecule has 1 aromatic carbocycles. The molecule has 1 aliphatic rings. The van der Waals surface area contributed by atoms with Crippen molar-refractivity contribution in [3.8, 4) is 5.75 Å². The summed E-state index contributed by atoms with van der Waals surface area (Å²) in [7, 11) is 2.87. The fourth-order valence-corrected chi connectivity index (χ4v) is 1.64. The van der Waals surface area contributed by atoms with Gasteiger partial charge in [-0.15, -0.1) is 0 Å². The monoisotopic (exact) mass is 206 g/mol. The van der Waals surface area contributed by atoms with Crippen molar-refractivity contribution in [2.75, 3.05) is 19.9 Å². The van der Waals surface area contributed by atoms with Crippen molar-refractivity contribution in [1.82, 2.24) is 4.90 Å². The van der Waals surface area contributed by atoms with E-state index >= 15 is 0 Å². The average molecular weight is 206 g/mol. The van der Waals surface area contributed by atoms with Crippen LogP contribution in [0.3, 0.4) is 0 Å². The molecular formula is C10H10N2O3. The fraction of sp³-hybridized carbons (Fsp3) is 0.200. The molecule has 2 amide bonds. The summed E-state index contributed by atoms with van der Waals surface area (Å²) in [5.41, 5.74) is 6.45. The topological polar surface area (TPSA) is 72.6 Å². The molecule has 0 aliphatic carbocycles. The molecule has 0 saturated heterocycles. The van der Waals surface area contributed by atoms with E-state index in [0.29, 0.717) is 11.4 Å². The molecule has 2 rings (SSSR count). The van der Waals surface area contributed by atoms with Crippen LogP contribution in [-0.2, 0) is 0 Å². The van der Waals surface area contributed by atoms with E-state index in [4.69, 9.17) is 10.5 Å². The standard InChI is InChI=1S/C10H10N2O3/c1-12-9(13)7-5(11)3-4-6(15-2)8(7)10(12)14/h3-4H,11H2,1-2H3. The van der Waals surface area contributed by atoms with E-state index in [2.05, 4.69) is 0 Å². The molecule has 0 atom stereocenters. The van der Waals surface area contributed by atoms with Gasteiger partial charge in [0.15, 0.2) is 0 Å². The van der Waals surface area contributed by atoms with Crippen molar-refractivity contribution >= 4 is 17.5 Å². The highest BCUT2D eigenvalue weighted by Gasteiger charge is 2.37. The maximum absolute atomic E-state index is 11.7. The number of ether oxygens (including phenoxy) is 1. The Bertz CT molecular complexity index is 468. The van der Waals surface area contributed by atoms with Crippen LogP contribution in [0.1, 0.15) is 20.7 Å². The predicted octanol–water partition coefficient (Wildman–Crippen LogP) is 0.503. The van der Waals surface area contributed by atoms with Crippen molar-refractivity contribution in [1.29, 1.82) is 0 Å². The van der Waals surface area contributed by atoms with E-state index in [1.807, 2.05) is 0 Å². The molecule has 2 N–H and O–H groups in total. The van der Waals surface area contributed by atoms with Crippen LogP contribution >= 0.6 is 0 Å². The predicted molar refractivity (Wildman–Crippen MR) is 53.8 cm³/mol. The SMILES string of the molecule is COc1ccc(N)c2c1C(=O)N(C)C2=O. The number of nitrogens with zero attached hydrogens (tertiary/aromatic N) is 1. The van der Waals surface area contributed by atoms with Gasteiger partial charge >= 0.3 is 0 Å². The second-order valence-corrected chi connectivity index (χ2v) is 3.28. The summed E-state index contributed by atoms with van der Waals surface area (Å²) in [5.74, 6) is -0.382. The van der Waals surface area contributed by atoms with E-state index in [-0.39, 0.29) is 22.9 Å². The summed E-state index contributed by atoms with van der Waals surface area (Å²) in [6, 6.07) is 3.14. The zero-order valence-electron chi connectivity index (χ0n) is 8.40. The normalized spacial score (nSPS) is 14.4. The number of hydrogen-bond acceptors (Lipinski definition) is 4. The Morgan fingerprint density at radius 3 is 2.40 bits per heavy atom. The number of hydrogen-bond donors (Lipinski definition) is 1. The molecule has 0 bridgehead atoms. The Morgan fingerprint density at radius 1 is 1.20 bits per heavy atom. The Kier molecular flexibility index (Phi) is 1.89. The van der Waals surface area contributed by atoms with Gasteiger partial charge in [0.2, 0.25) is 0 Å². The van der Waals surface area contributed by atoms with Crippen molar-refractivity contribution in [3.05, 3.63) is 23.3 Å². The molecule has 0 saturated carbocycles. The van der Waals surface area contributed by atoms with Crippen molar-refractivity contribution in [3.63, 3.8) is 0 Å². The number of carbonyl (C=O) groups is 2. The molecule has 5 nitrogen and oxygen atoms in total. The first-order valence-corrected chi connectivity index (χ1v) is 4.36. The number of anilines is 1. The molecule has 0 spiro atoms. The molecule has 1 heterocycles. The third-order valence-corrected chi connectivity index (χ3v) is 2.46. The highest BCUT2D eigenvalue weighted by Crippen LogP contribution is 2.33. The number of nitrogens with two attached hydrogens (primary N) is 1. The lowest BCUT2D eigenvalue weighted by molar-refractivity contribution is 0.0692. The Hall–Kier alpha value is -2.04. The maximum Gasteiger partial charge on any atom is 0.265 e. The summed E-state index contributed by atoms with van der Waals surface area (Å²) in [4.78, 5) is 24.4. The number of amides is 2. The minimum Gasteiger partial charge on any atom is -0.496 e. The minimum absolute atomic E-state index is 0.238. The molecule has 1 aromatic rings. The van der Waals surface area contributed by atoms with Gasteiger partial charge in [0.25, 0.3) is 11.8 Å². The van der Waals surface area contributed by atoms with Crippen LogP contribution in [0.5, 0.6) is 5.75 Å². The third-order valence-electron chi connectivity index (χ3n) is 2.46. The molecule has 15 heavy (non-hydrogen) atoms. The van der Waals surface area contributed by atoms with Gasteiger partial charge in [-0.25, -0.2) is 0 Å². The zero-order chi connectivity index (χ0) is 11.2. The first kappa shape index (κ1) is 9.51. The molecule has 0 aromatic heterocycles. The second kappa shape index (κ2) is 2.98. The zero-order valence-corrected chi connectivity index (χ0v) is 8.40. The maximum atomic E-state index is 11.7. The highest BCUT2D eigenvalue weighted by atomic mass is 16.5. The lowest BCUT2D eigenvalue weighted by Crippen LogP contribution is -2.24. The van der Waals surface area contributed by atoms with Crippen LogP contribution < -0.4 is 10.5 Å². The number of benzene rings is 1. The first-order valence-electron chi connectivity index (χ1n) is 4.36. The minimum atomic E-state index is -0.383. The average Bonchev–Trinajstić information content (AvgIpc) is 2.46. The lowest BCUT2D eigenvalue weighted by Gasteiger charge is -2.05. The van der Waals surface area contributed by atoms with Gasteiger partial charge in [0.1, 0.15) is 5.75 Å². The van der Waals surface area contributed by atoms with Gasteiger partial charge in [-0.05, 0) is 12.1 Å². The summed E-state index contributed by atoms with van der Waals surface area (Å²) < 4.78 is 5.02. The lowest BCUT2D eigenvalue weighted by atomic mass is 10.1. The van der Waals surface area contributed by atoms with Gasteiger partial charge in [-0.2, -0.15) is 0 Å². The first-order chi connectivity index (χ1) is 7.07. The van der Waals surface area contributed by atoms with E-state index < -0.39 is 0 Å². The summed E-state index contributed by atoms with van der Waals surface area (Å²) in [6.07, 6.45) is 0. The Labute approximate surface area is 86.4 Å². The summed E-state index contributed by atoms with van der Waals surface area (Å²) >= 11 is 0. The van der Waals surface area contributed by atoms with E-state index in [0.717, 1.165) is 4.90 Å². The molecule has 0 unspecified atom stereocenters. The Morgan fingerprint density at radius 2 is 1.80 bits per heavy atom. The summed E-state index contributed by atoms with van der Waals surface area (Å²) in [5, 5.41) is 0. The van der Waals surface area contributed by atoms with Crippen LogP contribution in [-0.4, -0.2) is 30.9 Å². The van der Waals surface area contributed by atoms with Gasteiger partial charge < -0.3 is 10.5 Å². The van der Waals surface area contributed by atoms with E-state index in [9.17, 15) is 9.59 Å². The van der Waals surface area contributed by atoms with Crippen LogP contribution in [0.15, 0.2) is 12.1 Å². The molecule has 0 fully saturated rings. The number of methoxy groups -OCH3 is 1. The second-order valence-electron chi connectivity index (χ2n) is 3.28. The molecule has 1 aliphatic heterocycles. The largest absolute Gasteiger partial charge is 0.496 e. The van der Waals surface area contributed by atoms with Crippen LogP contribution in [0.2, 0.25) is 0 Å². The number of carbonyl (C=O) groups excluding carboxylic acids is 2. The quantitative estimate of drug-likeness (QED) is 0.536. The van der Waals surface area contributed by atoms with Crippen molar-refractivity contribution in [2.45, 2.75) is 0 Å². The van der Waals surface area contributed by atoms with Crippen LogP contribution in [0, 0.1) is 0 Å². The van der Waals surface area contributed by atoms with E-state index in [1.54, 1.807) is 12.1 Å². The Balaban J connectivity index is 2.76. The number of rotatable bonds is 1.